The SMILES string of the molecule is CCCCCCCCCCCCCCCC(=O)OC[C@@H](O)COP(=O)([O-])OC[C@@H](O)CO. The Kier molecular flexibility index (Phi) is 20.7. The minimum Gasteiger partial charge on any atom is -0.756 e. The van der Waals surface area contributed by atoms with Gasteiger partial charge in [-0.3, -0.25) is 9.36 Å². The Labute approximate surface area is 193 Å². The number of phosphoric ester groups is 1. The molecule has 0 bridgehead atoms. The number of esters is 1. The molecule has 0 aliphatic rings. The van der Waals surface area contributed by atoms with E-state index in [1.165, 1.54) is 64.2 Å². The Balaban J connectivity index is 3.54. The standard InChI is InChI=1S/C22H45O9P/c1-2-3-4-5-6-7-8-9-10-11-12-13-14-15-22(26)29-17-21(25)19-31-32(27,28)30-18-20(24)16-23/h20-21,23-25H,2-19H2,1H3,(H,27,28)/p-1/t20-,21+/m0/s1. The fraction of sp³-hybridized carbons (Fsp3) is 0.955. The van der Waals surface area contributed by atoms with Crippen molar-refractivity contribution in [3.8, 4) is 0 Å². The van der Waals surface area contributed by atoms with Crippen molar-refractivity contribution in [3.05, 3.63) is 0 Å². The van der Waals surface area contributed by atoms with Gasteiger partial charge in [0, 0.05) is 6.42 Å². The highest BCUT2D eigenvalue weighted by Crippen LogP contribution is 2.38. The van der Waals surface area contributed by atoms with Crippen LogP contribution in [0.1, 0.15) is 96.8 Å². The maximum atomic E-state index is 11.7. The van der Waals surface area contributed by atoms with E-state index in [9.17, 15) is 19.4 Å². The Morgan fingerprint density at radius 3 is 1.69 bits per heavy atom. The normalized spacial score (nSPS) is 15.3. The molecule has 0 spiro atoms. The Morgan fingerprint density at radius 1 is 0.781 bits per heavy atom. The van der Waals surface area contributed by atoms with Gasteiger partial charge >= 0.3 is 5.97 Å². The fourth-order valence-corrected chi connectivity index (χ4v) is 3.82. The molecule has 1 unspecified atom stereocenters. The van der Waals surface area contributed by atoms with Crippen LogP contribution in [0.4, 0.5) is 0 Å². The van der Waals surface area contributed by atoms with Crippen LogP contribution in [0.3, 0.4) is 0 Å². The van der Waals surface area contributed by atoms with Crippen LogP contribution in [-0.4, -0.2) is 59.9 Å². The summed E-state index contributed by atoms with van der Waals surface area (Å²) in [7, 11) is -4.73. The van der Waals surface area contributed by atoms with E-state index in [0.717, 1.165) is 19.3 Å². The van der Waals surface area contributed by atoms with E-state index in [0.29, 0.717) is 0 Å². The van der Waals surface area contributed by atoms with Gasteiger partial charge in [0.05, 0.1) is 19.8 Å². The van der Waals surface area contributed by atoms with Crippen molar-refractivity contribution in [2.75, 3.05) is 26.4 Å². The minimum absolute atomic E-state index is 0.257. The molecule has 0 heterocycles. The summed E-state index contributed by atoms with van der Waals surface area (Å²) in [5.41, 5.74) is 0. The van der Waals surface area contributed by atoms with E-state index in [2.05, 4.69) is 16.0 Å². The first kappa shape index (κ1) is 31.5. The molecule has 3 atom stereocenters. The molecule has 0 saturated heterocycles. The van der Waals surface area contributed by atoms with E-state index >= 15 is 0 Å². The summed E-state index contributed by atoms with van der Waals surface area (Å²) in [4.78, 5) is 23.1. The lowest BCUT2D eigenvalue weighted by Crippen LogP contribution is -2.26. The zero-order valence-corrected chi connectivity index (χ0v) is 20.5. The monoisotopic (exact) mass is 483 g/mol. The third kappa shape index (κ3) is 21.3. The van der Waals surface area contributed by atoms with Crippen molar-refractivity contribution >= 4 is 13.8 Å². The Hall–Kier alpha value is -0.540. The van der Waals surface area contributed by atoms with Crippen molar-refractivity contribution in [1.82, 2.24) is 0 Å². The second kappa shape index (κ2) is 21.0. The van der Waals surface area contributed by atoms with Crippen LogP contribution in [-0.2, 0) is 23.1 Å². The van der Waals surface area contributed by atoms with E-state index in [-0.39, 0.29) is 13.0 Å². The van der Waals surface area contributed by atoms with Crippen molar-refractivity contribution in [3.63, 3.8) is 0 Å². The predicted molar refractivity (Wildman–Crippen MR) is 120 cm³/mol. The highest BCUT2D eigenvalue weighted by atomic mass is 31.2. The molecule has 0 fully saturated rings. The van der Waals surface area contributed by atoms with Crippen LogP contribution in [0.5, 0.6) is 0 Å². The van der Waals surface area contributed by atoms with E-state index in [4.69, 9.17) is 14.9 Å². The van der Waals surface area contributed by atoms with Gasteiger partial charge in [0.1, 0.15) is 18.8 Å². The molecular formula is C22H44O9P-. The molecule has 0 aromatic rings. The number of unbranched alkanes of at least 4 members (excludes halogenated alkanes) is 12. The molecule has 10 heteroatoms. The van der Waals surface area contributed by atoms with Gasteiger partial charge in [0.15, 0.2) is 0 Å². The number of hydrogen-bond donors (Lipinski definition) is 3. The van der Waals surface area contributed by atoms with Gasteiger partial charge < -0.3 is 34.0 Å². The first-order valence-corrected chi connectivity index (χ1v) is 13.5. The fourth-order valence-electron chi connectivity index (χ4n) is 3.04. The number of hydrogen-bond acceptors (Lipinski definition) is 9. The largest absolute Gasteiger partial charge is 0.756 e. The van der Waals surface area contributed by atoms with Crippen LogP contribution in [0.15, 0.2) is 0 Å². The molecular weight excluding hydrogens is 439 g/mol. The van der Waals surface area contributed by atoms with Crippen molar-refractivity contribution in [1.29, 1.82) is 0 Å². The van der Waals surface area contributed by atoms with Crippen molar-refractivity contribution in [2.24, 2.45) is 0 Å². The van der Waals surface area contributed by atoms with Gasteiger partial charge in [-0.1, -0.05) is 84.0 Å². The predicted octanol–water partition coefficient (Wildman–Crippen LogP) is 3.23. The highest BCUT2D eigenvalue weighted by Gasteiger charge is 2.16. The van der Waals surface area contributed by atoms with Crippen LogP contribution < -0.4 is 4.89 Å². The number of aliphatic hydroxyl groups excluding tert-OH is 3. The Bertz CT molecular complexity index is 490. The lowest BCUT2D eigenvalue weighted by Gasteiger charge is -2.24. The molecule has 3 N–H and O–H groups in total. The van der Waals surface area contributed by atoms with Crippen molar-refractivity contribution < 1.29 is 43.4 Å². The molecule has 0 aromatic carbocycles. The van der Waals surface area contributed by atoms with Crippen LogP contribution in [0, 0.1) is 0 Å². The summed E-state index contributed by atoms with van der Waals surface area (Å²) in [6.45, 7) is -0.0893. The molecule has 192 valence electrons. The first-order valence-electron chi connectivity index (χ1n) is 12.0. The van der Waals surface area contributed by atoms with Gasteiger partial charge in [-0.25, -0.2) is 0 Å². The summed E-state index contributed by atoms with van der Waals surface area (Å²) in [6.07, 6.45) is 13.4. The average molecular weight is 484 g/mol. The lowest BCUT2D eigenvalue weighted by molar-refractivity contribution is -0.229. The molecule has 0 radical (unpaired) electrons. The molecule has 0 aliphatic heterocycles. The zero-order chi connectivity index (χ0) is 24.1. The first-order chi connectivity index (χ1) is 15.3. The summed E-state index contributed by atoms with van der Waals surface area (Å²) >= 11 is 0. The molecule has 0 aromatic heterocycles. The minimum atomic E-state index is -4.73. The third-order valence-electron chi connectivity index (χ3n) is 4.98. The molecule has 32 heavy (non-hydrogen) atoms. The Morgan fingerprint density at radius 2 is 1.22 bits per heavy atom. The van der Waals surface area contributed by atoms with Crippen LogP contribution in [0.25, 0.3) is 0 Å². The average Bonchev–Trinajstić information content (AvgIpc) is 2.77. The number of ether oxygens (including phenoxy) is 1. The molecule has 0 saturated carbocycles. The summed E-state index contributed by atoms with van der Waals surface area (Å²) in [6, 6.07) is 0. The van der Waals surface area contributed by atoms with Gasteiger partial charge in [-0.15, -0.1) is 0 Å². The maximum absolute atomic E-state index is 11.7. The second-order valence-corrected chi connectivity index (χ2v) is 9.62. The summed E-state index contributed by atoms with van der Waals surface area (Å²) < 4.78 is 25.1. The van der Waals surface area contributed by atoms with E-state index < -0.39 is 45.8 Å². The second-order valence-electron chi connectivity index (χ2n) is 8.20. The van der Waals surface area contributed by atoms with Gasteiger partial charge in [0.25, 0.3) is 7.82 Å². The molecule has 9 nitrogen and oxygen atoms in total. The van der Waals surface area contributed by atoms with Crippen LogP contribution >= 0.6 is 7.82 Å². The van der Waals surface area contributed by atoms with E-state index in [1.54, 1.807) is 0 Å². The zero-order valence-electron chi connectivity index (χ0n) is 19.6. The number of rotatable bonds is 23. The number of carbonyl (C=O) groups excluding carboxylic acids is 1. The highest BCUT2D eigenvalue weighted by molar-refractivity contribution is 7.45. The number of aliphatic hydroxyl groups is 3. The number of carbonyl (C=O) groups is 1. The molecule has 0 amide bonds. The van der Waals surface area contributed by atoms with Gasteiger partial charge in [-0.2, -0.15) is 0 Å². The summed E-state index contributed by atoms with van der Waals surface area (Å²) in [5, 5.41) is 27.3. The molecule has 0 aliphatic carbocycles. The van der Waals surface area contributed by atoms with Crippen molar-refractivity contribution in [2.45, 2.75) is 109 Å². The summed E-state index contributed by atoms with van der Waals surface area (Å²) in [5.74, 6) is -0.445. The lowest BCUT2D eigenvalue weighted by atomic mass is 10.0. The smallest absolute Gasteiger partial charge is 0.305 e. The van der Waals surface area contributed by atoms with E-state index in [1.807, 2.05) is 0 Å². The van der Waals surface area contributed by atoms with Gasteiger partial charge in [-0.05, 0) is 6.42 Å². The van der Waals surface area contributed by atoms with Crippen LogP contribution in [0.2, 0.25) is 0 Å². The molecule has 0 rings (SSSR count). The quantitative estimate of drug-likeness (QED) is 0.113. The number of phosphoric acid groups is 1. The maximum Gasteiger partial charge on any atom is 0.305 e. The third-order valence-corrected chi connectivity index (χ3v) is 5.91. The topological polar surface area (TPSA) is 146 Å². The van der Waals surface area contributed by atoms with Gasteiger partial charge in [0.2, 0.25) is 0 Å².